The van der Waals surface area contributed by atoms with Crippen molar-refractivity contribution in [2.24, 2.45) is 5.92 Å². The van der Waals surface area contributed by atoms with E-state index >= 15 is 0 Å². The maximum atomic E-state index is 12.3. The molecule has 1 aromatic rings. The summed E-state index contributed by atoms with van der Waals surface area (Å²) < 4.78 is 5.51. The monoisotopic (exact) mass is 499 g/mol. The molecule has 0 spiro atoms. The number of likely N-dealkylation sites (N-methyl/N-ethyl adjacent to an activating group) is 1. The fourth-order valence-corrected chi connectivity index (χ4v) is 5.32. The van der Waals surface area contributed by atoms with Crippen molar-refractivity contribution < 1.29 is 19.1 Å². The molecule has 1 atom stereocenters. The molecule has 9 heteroatoms. The highest BCUT2D eigenvalue weighted by Crippen LogP contribution is 2.29. The number of carbonyl (C=O) groups excluding carboxylic acids is 3. The molecule has 3 fully saturated rings. The van der Waals surface area contributed by atoms with Crippen molar-refractivity contribution in [2.75, 3.05) is 62.7 Å². The number of benzene rings is 1. The van der Waals surface area contributed by atoms with E-state index in [-0.39, 0.29) is 23.9 Å². The predicted molar refractivity (Wildman–Crippen MR) is 140 cm³/mol. The van der Waals surface area contributed by atoms with Gasteiger partial charge in [0.2, 0.25) is 11.8 Å². The summed E-state index contributed by atoms with van der Waals surface area (Å²) in [4.78, 5) is 44.8. The quantitative estimate of drug-likeness (QED) is 0.624. The van der Waals surface area contributed by atoms with Gasteiger partial charge in [-0.05, 0) is 64.2 Å². The van der Waals surface area contributed by atoms with E-state index in [9.17, 15) is 14.4 Å². The van der Waals surface area contributed by atoms with Gasteiger partial charge in [0.1, 0.15) is 11.6 Å². The Morgan fingerprint density at radius 2 is 1.75 bits per heavy atom. The number of piperidine rings is 2. The van der Waals surface area contributed by atoms with E-state index < -0.39 is 5.60 Å². The van der Waals surface area contributed by atoms with Crippen molar-refractivity contribution in [3.63, 3.8) is 0 Å². The summed E-state index contributed by atoms with van der Waals surface area (Å²) in [6.45, 7) is 12.0. The average molecular weight is 500 g/mol. The second-order valence-electron chi connectivity index (χ2n) is 11.3. The van der Waals surface area contributed by atoms with Crippen molar-refractivity contribution in [2.45, 2.75) is 58.1 Å². The summed E-state index contributed by atoms with van der Waals surface area (Å²) in [5, 5.41) is 2.45. The smallest absolute Gasteiger partial charge is 0.410 e. The van der Waals surface area contributed by atoms with Crippen molar-refractivity contribution in [3.05, 3.63) is 24.3 Å². The Morgan fingerprint density at radius 1 is 1.06 bits per heavy atom. The third-order valence-corrected chi connectivity index (χ3v) is 7.43. The number of anilines is 2. The van der Waals surface area contributed by atoms with Crippen LogP contribution in [0.15, 0.2) is 24.3 Å². The van der Waals surface area contributed by atoms with E-state index in [1.165, 1.54) is 5.69 Å². The number of amides is 3. The van der Waals surface area contributed by atoms with Crippen LogP contribution in [0.2, 0.25) is 0 Å². The van der Waals surface area contributed by atoms with E-state index in [2.05, 4.69) is 27.2 Å². The Labute approximate surface area is 214 Å². The zero-order valence-corrected chi connectivity index (χ0v) is 22.2. The van der Waals surface area contributed by atoms with E-state index in [4.69, 9.17) is 4.74 Å². The van der Waals surface area contributed by atoms with E-state index in [0.717, 1.165) is 64.3 Å². The molecular formula is C27H41N5O4. The summed E-state index contributed by atoms with van der Waals surface area (Å²) in [5.74, 6) is 0.252. The normalized spacial score (nSPS) is 22.4. The first kappa shape index (κ1) is 26.3. The molecule has 3 aliphatic rings. The fraction of sp³-hybridized carbons (Fsp3) is 0.667. The summed E-state index contributed by atoms with van der Waals surface area (Å²) >= 11 is 0. The van der Waals surface area contributed by atoms with Gasteiger partial charge < -0.3 is 19.4 Å². The van der Waals surface area contributed by atoms with Crippen LogP contribution in [-0.4, -0.2) is 92.2 Å². The summed E-state index contributed by atoms with van der Waals surface area (Å²) in [6.07, 6.45) is 2.99. The topological polar surface area (TPSA) is 85.4 Å². The van der Waals surface area contributed by atoms with Crippen LogP contribution in [0.1, 0.15) is 46.5 Å². The third-order valence-electron chi connectivity index (χ3n) is 7.43. The number of piperazine rings is 1. The second-order valence-corrected chi connectivity index (χ2v) is 11.3. The number of rotatable bonds is 5. The molecule has 9 nitrogen and oxygen atoms in total. The van der Waals surface area contributed by atoms with Gasteiger partial charge >= 0.3 is 6.09 Å². The molecule has 1 N–H and O–H groups in total. The average Bonchev–Trinajstić information content (AvgIpc) is 2.84. The Hall–Kier alpha value is -2.81. The number of ether oxygens (including phenoxy) is 1. The first-order valence-corrected chi connectivity index (χ1v) is 13.2. The maximum absolute atomic E-state index is 12.3. The van der Waals surface area contributed by atoms with Gasteiger partial charge in [-0.3, -0.25) is 19.8 Å². The number of nitrogens with zero attached hydrogens (tertiary/aromatic N) is 4. The lowest BCUT2D eigenvalue weighted by molar-refractivity contribution is -0.134. The van der Waals surface area contributed by atoms with Crippen molar-refractivity contribution in [1.29, 1.82) is 0 Å². The van der Waals surface area contributed by atoms with E-state index in [1.807, 2.05) is 49.8 Å². The van der Waals surface area contributed by atoms with Crippen molar-refractivity contribution in [3.8, 4) is 0 Å². The Bertz CT molecular complexity index is 946. The molecule has 3 saturated heterocycles. The van der Waals surface area contributed by atoms with Gasteiger partial charge in [-0.15, -0.1) is 0 Å². The SMILES string of the molecule is CN(c1cccc(N2CCC(CN3CCN(C(=O)OC(C)(C)C)CC3)CC2)c1)C1CCC(=O)NC1=O. The van der Waals surface area contributed by atoms with Gasteiger partial charge in [-0.1, -0.05) is 6.07 Å². The van der Waals surface area contributed by atoms with Crippen LogP contribution in [0.5, 0.6) is 0 Å². The highest BCUT2D eigenvalue weighted by molar-refractivity contribution is 6.01. The molecule has 198 valence electrons. The molecular weight excluding hydrogens is 458 g/mol. The van der Waals surface area contributed by atoms with Gasteiger partial charge in [-0.2, -0.15) is 0 Å². The van der Waals surface area contributed by atoms with Gasteiger partial charge in [0.05, 0.1) is 0 Å². The van der Waals surface area contributed by atoms with Crippen LogP contribution in [0.25, 0.3) is 0 Å². The van der Waals surface area contributed by atoms with Gasteiger partial charge in [0.15, 0.2) is 0 Å². The Balaban J connectivity index is 1.24. The second kappa shape index (κ2) is 11.1. The van der Waals surface area contributed by atoms with Crippen LogP contribution >= 0.6 is 0 Å². The van der Waals surface area contributed by atoms with Crippen molar-refractivity contribution in [1.82, 2.24) is 15.1 Å². The van der Waals surface area contributed by atoms with Crippen LogP contribution < -0.4 is 15.1 Å². The summed E-state index contributed by atoms with van der Waals surface area (Å²) in [5.41, 5.74) is 1.71. The lowest BCUT2D eigenvalue weighted by Gasteiger charge is -2.39. The number of nitrogens with one attached hydrogen (secondary N) is 1. The fourth-order valence-electron chi connectivity index (χ4n) is 5.32. The Kier molecular flexibility index (Phi) is 8.07. The highest BCUT2D eigenvalue weighted by Gasteiger charge is 2.31. The standard InChI is InChI=1S/C27H41N5O4/c1-27(2,3)36-26(35)32-16-14-30(15-17-32)19-20-10-12-31(13-11-20)22-7-5-6-21(18-22)29(4)23-8-9-24(33)28-25(23)34/h5-7,18,20,23H,8-17,19H2,1-4H3,(H,28,33,34). The minimum Gasteiger partial charge on any atom is -0.444 e. The predicted octanol–water partition coefficient (Wildman–Crippen LogP) is 2.70. The molecule has 3 heterocycles. The van der Waals surface area contributed by atoms with Crippen LogP contribution in [-0.2, 0) is 14.3 Å². The van der Waals surface area contributed by atoms with Crippen LogP contribution in [0.3, 0.4) is 0 Å². The molecule has 36 heavy (non-hydrogen) atoms. The van der Waals surface area contributed by atoms with Crippen LogP contribution in [0.4, 0.5) is 16.2 Å². The molecule has 1 unspecified atom stereocenters. The number of hydrogen-bond donors (Lipinski definition) is 1. The first-order valence-electron chi connectivity index (χ1n) is 13.2. The zero-order chi connectivity index (χ0) is 25.9. The molecule has 3 aliphatic heterocycles. The highest BCUT2D eigenvalue weighted by atomic mass is 16.6. The number of carbonyl (C=O) groups is 3. The minimum atomic E-state index is -0.456. The molecule has 0 aromatic heterocycles. The molecule has 1 aromatic carbocycles. The first-order chi connectivity index (χ1) is 17.1. The lowest BCUT2D eigenvalue weighted by Crippen LogP contribution is -2.51. The Morgan fingerprint density at radius 3 is 2.39 bits per heavy atom. The van der Waals surface area contributed by atoms with Gasteiger partial charge in [0.25, 0.3) is 0 Å². The van der Waals surface area contributed by atoms with E-state index in [1.54, 1.807) is 0 Å². The zero-order valence-electron chi connectivity index (χ0n) is 22.2. The molecule has 0 radical (unpaired) electrons. The molecule has 0 aliphatic carbocycles. The van der Waals surface area contributed by atoms with Gasteiger partial charge in [0, 0.05) is 70.7 Å². The lowest BCUT2D eigenvalue weighted by atomic mass is 9.95. The number of imide groups is 1. The molecule has 3 amide bonds. The summed E-state index contributed by atoms with van der Waals surface area (Å²) in [6, 6.07) is 8.04. The molecule has 4 rings (SSSR count). The molecule has 0 saturated carbocycles. The third kappa shape index (κ3) is 6.69. The largest absolute Gasteiger partial charge is 0.444 e. The van der Waals surface area contributed by atoms with E-state index in [0.29, 0.717) is 18.8 Å². The van der Waals surface area contributed by atoms with Crippen LogP contribution in [0, 0.1) is 5.92 Å². The minimum absolute atomic E-state index is 0.189. The summed E-state index contributed by atoms with van der Waals surface area (Å²) in [7, 11) is 1.92. The maximum Gasteiger partial charge on any atom is 0.410 e. The molecule has 0 bridgehead atoms. The van der Waals surface area contributed by atoms with Gasteiger partial charge in [-0.25, -0.2) is 4.79 Å². The van der Waals surface area contributed by atoms with Crippen molar-refractivity contribution >= 4 is 29.3 Å². The number of hydrogen-bond acceptors (Lipinski definition) is 7.